The van der Waals surface area contributed by atoms with E-state index in [1.165, 1.54) is 18.2 Å². The molecule has 1 heterocycles. The van der Waals surface area contributed by atoms with Gasteiger partial charge in [-0.3, -0.25) is 9.59 Å². The van der Waals surface area contributed by atoms with Gasteiger partial charge in [0.1, 0.15) is 0 Å². The zero-order valence-corrected chi connectivity index (χ0v) is 14.2. The molecule has 2 atom stereocenters. The van der Waals surface area contributed by atoms with Crippen molar-refractivity contribution in [2.75, 3.05) is 19.8 Å². The van der Waals surface area contributed by atoms with Crippen molar-refractivity contribution < 1.29 is 28.6 Å². The molecule has 2 unspecified atom stereocenters. The Balaban J connectivity index is 1.93. The first kappa shape index (κ1) is 19.2. The summed E-state index contributed by atoms with van der Waals surface area (Å²) in [6.07, 6.45) is 0.793. The summed E-state index contributed by atoms with van der Waals surface area (Å²) in [4.78, 5) is 23.8. The van der Waals surface area contributed by atoms with Crippen molar-refractivity contribution in [3.63, 3.8) is 0 Å². The molecule has 6 nitrogen and oxygen atoms in total. The van der Waals surface area contributed by atoms with Crippen molar-refractivity contribution in [1.29, 1.82) is 0 Å². The van der Waals surface area contributed by atoms with Crippen LogP contribution in [0.3, 0.4) is 0 Å². The quantitative estimate of drug-likeness (QED) is 0.749. The number of carboxylic acid groups (broad SMARTS) is 1. The number of hydrogen-bond donors (Lipinski definition) is 2. The molecule has 1 aromatic rings. The summed E-state index contributed by atoms with van der Waals surface area (Å²) in [5.41, 5.74) is 0. The van der Waals surface area contributed by atoms with Crippen LogP contribution in [0.1, 0.15) is 26.2 Å². The molecule has 1 amide bonds. The Morgan fingerprint density at radius 2 is 2.04 bits per heavy atom. The third kappa shape index (κ3) is 5.42. The lowest BCUT2D eigenvalue weighted by atomic mass is 9.86. The number of halogens is 1. The fourth-order valence-electron chi connectivity index (χ4n) is 2.91. The van der Waals surface area contributed by atoms with Crippen molar-refractivity contribution in [1.82, 2.24) is 5.32 Å². The lowest BCUT2D eigenvalue weighted by Crippen LogP contribution is -2.44. The van der Waals surface area contributed by atoms with Crippen LogP contribution >= 0.6 is 0 Å². The van der Waals surface area contributed by atoms with Crippen molar-refractivity contribution in [3.8, 4) is 5.75 Å². The molecule has 1 saturated heterocycles. The predicted octanol–water partition coefficient (Wildman–Crippen LogP) is 2.23. The van der Waals surface area contributed by atoms with Gasteiger partial charge in [0.05, 0.1) is 5.92 Å². The van der Waals surface area contributed by atoms with Gasteiger partial charge in [0.2, 0.25) is 0 Å². The molecule has 138 valence electrons. The minimum atomic E-state index is -0.935. The highest BCUT2D eigenvalue weighted by Crippen LogP contribution is 2.24. The van der Waals surface area contributed by atoms with Gasteiger partial charge in [-0.15, -0.1) is 0 Å². The summed E-state index contributed by atoms with van der Waals surface area (Å²) in [5, 5.41) is 12.1. The van der Waals surface area contributed by atoms with E-state index in [2.05, 4.69) is 5.32 Å². The van der Waals surface area contributed by atoms with Gasteiger partial charge in [-0.2, -0.15) is 0 Å². The van der Waals surface area contributed by atoms with E-state index < -0.39 is 29.7 Å². The molecule has 7 heteroatoms. The minimum absolute atomic E-state index is 0.00344. The van der Waals surface area contributed by atoms with Crippen molar-refractivity contribution in [2.24, 2.45) is 11.8 Å². The zero-order valence-electron chi connectivity index (χ0n) is 14.2. The lowest BCUT2D eigenvalue weighted by molar-refractivity contribution is -0.145. The van der Waals surface area contributed by atoms with Crippen molar-refractivity contribution >= 4 is 11.9 Å². The second kappa shape index (κ2) is 9.36. The molecule has 1 fully saturated rings. The number of nitrogens with one attached hydrogen (secondary N) is 1. The molecule has 0 saturated carbocycles. The Labute approximate surface area is 146 Å². The Kier molecular flexibility index (Phi) is 7.18. The second-order valence-electron chi connectivity index (χ2n) is 6.08. The highest BCUT2D eigenvalue weighted by atomic mass is 19.1. The monoisotopic (exact) mass is 353 g/mol. The molecule has 25 heavy (non-hydrogen) atoms. The van der Waals surface area contributed by atoms with E-state index in [4.69, 9.17) is 9.47 Å². The number of hydrogen-bond acceptors (Lipinski definition) is 4. The first-order valence-electron chi connectivity index (χ1n) is 8.52. The molecule has 0 aliphatic carbocycles. The average Bonchev–Trinajstić information content (AvgIpc) is 2.61. The van der Waals surface area contributed by atoms with Crippen LogP contribution < -0.4 is 10.1 Å². The van der Waals surface area contributed by atoms with Gasteiger partial charge in [-0.1, -0.05) is 19.1 Å². The normalized spacial score (nSPS) is 17.5. The number of ether oxygens (including phenoxy) is 2. The van der Waals surface area contributed by atoms with Gasteiger partial charge < -0.3 is 19.9 Å². The maximum Gasteiger partial charge on any atom is 0.308 e. The SMILES string of the molecule is CCC(Oc1ccccc1F)C(=O)NCC(C(=O)O)C1CCOCC1. The first-order chi connectivity index (χ1) is 12.0. The number of aliphatic carboxylic acids is 1. The summed E-state index contributed by atoms with van der Waals surface area (Å²) < 4.78 is 24.4. The molecular weight excluding hydrogens is 329 g/mol. The van der Waals surface area contributed by atoms with Crippen LogP contribution in [0.15, 0.2) is 24.3 Å². The van der Waals surface area contributed by atoms with E-state index in [1.807, 2.05) is 0 Å². The number of carboxylic acids is 1. The Bertz CT molecular complexity index is 589. The van der Waals surface area contributed by atoms with E-state index in [9.17, 15) is 19.1 Å². The molecule has 1 aliphatic rings. The molecule has 0 radical (unpaired) electrons. The maximum atomic E-state index is 13.7. The third-order valence-corrected chi connectivity index (χ3v) is 4.42. The van der Waals surface area contributed by atoms with E-state index in [1.54, 1.807) is 13.0 Å². The maximum absolute atomic E-state index is 13.7. The van der Waals surface area contributed by atoms with Crippen LogP contribution in [0.5, 0.6) is 5.75 Å². The smallest absolute Gasteiger partial charge is 0.308 e. The minimum Gasteiger partial charge on any atom is -0.481 e. The predicted molar refractivity (Wildman–Crippen MR) is 88.8 cm³/mol. The van der Waals surface area contributed by atoms with Crippen LogP contribution in [-0.4, -0.2) is 42.8 Å². The summed E-state index contributed by atoms with van der Waals surface area (Å²) in [6.45, 7) is 2.85. The van der Waals surface area contributed by atoms with Gasteiger partial charge >= 0.3 is 5.97 Å². The van der Waals surface area contributed by atoms with Crippen LogP contribution in [0.25, 0.3) is 0 Å². The Morgan fingerprint density at radius 3 is 2.64 bits per heavy atom. The van der Waals surface area contributed by atoms with Crippen LogP contribution in [0.2, 0.25) is 0 Å². The number of para-hydroxylation sites is 1. The van der Waals surface area contributed by atoms with E-state index in [0.717, 1.165) is 0 Å². The fraction of sp³-hybridized carbons (Fsp3) is 0.556. The van der Waals surface area contributed by atoms with E-state index in [-0.39, 0.29) is 18.2 Å². The van der Waals surface area contributed by atoms with E-state index >= 15 is 0 Å². The fourth-order valence-corrected chi connectivity index (χ4v) is 2.91. The number of benzene rings is 1. The molecule has 1 aromatic carbocycles. The van der Waals surface area contributed by atoms with Gasteiger partial charge in [-0.25, -0.2) is 4.39 Å². The van der Waals surface area contributed by atoms with Crippen LogP contribution in [0, 0.1) is 17.7 Å². The summed E-state index contributed by atoms with van der Waals surface area (Å²) >= 11 is 0. The van der Waals surface area contributed by atoms with Crippen LogP contribution in [0.4, 0.5) is 4.39 Å². The standard InChI is InChI=1S/C18H24FNO5/c1-2-15(25-16-6-4-3-5-14(16)19)17(21)20-11-13(18(22)23)12-7-9-24-10-8-12/h3-6,12-13,15H,2,7-11H2,1H3,(H,20,21)(H,22,23). The highest BCUT2D eigenvalue weighted by Gasteiger charge is 2.31. The third-order valence-electron chi connectivity index (χ3n) is 4.42. The largest absolute Gasteiger partial charge is 0.481 e. The molecule has 2 rings (SSSR count). The Morgan fingerprint density at radius 1 is 1.36 bits per heavy atom. The molecular formula is C18H24FNO5. The number of carbonyl (C=O) groups excluding carboxylic acids is 1. The second-order valence-corrected chi connectivity index (χ2v) is 6.08. The van der Waals surface area contributed by atoms with Crippen molar-refractivity contribution in [3.05, 3.63) is 30.1 Å². The zero-order chi connectivity index (χ0) is 18.2. The summed E-state index contributed by atoms with van der Waals surface area (Å²) in [5.74, 6) is -2.61. The van der Waals surface area contributed by atoms with Gasteiger partial charge in [-0.05, 0) is 37.3 Å². The molecule has 2 N–H and O–H groups in total. The molecule has 0 bridgehead atoms. The van der Waals surface area contributed by atoms with Gasteiger partial charge in [0, 0.05) is 19.8 Å². The topological polar surface area (TPSA) is 84.9 Å². The van der Waals surface area contributed by atoms with Crippen molar-refractivity contribution in [2.45, 2.75) is 32.3 Å². The van der Waals surface area contributed by atoms with Crippen LogP contribution in [-0.2, 0) is 14.3 Å². The molecule has 0 aromatic heterocycles. The molecule has 1 aliphatic heterocycles. The van der Waals surface area contributed by atoms with E-state index in [0.29, 0.717) is 32.5 Å². The number of amides is 1. The summed E-state index contributed by atoms with van der Waals surface area (Å²) in [6, 6.07) is 5.86. The number of carbonyl (C=O) groups is 2. The first-order valence-corrected chi connectivity index (χ1v) is 8.52. The van der Waals surface area contributed by atoms with Gasteiger partial charge in [0.15, 0.2) is 17.7 Å². The molecule has 0 spiro atoms. The summed E-state index contributed by atoms with van der Waals surface area (Å²) in [7, 11) is 0. The highest BCUT2D eigenvalue weighted by molar-refractivity contribution is 5.81. The van der Waals surface area contributed by atoms with Gasteiger partial charge in [0.25, 0.3) is 5.91 Å². The lowest BCUT2D eigenvalue weighted by Gasteiger charge is -2.28. The Hall–Kier alpha value is -2.15. The average molecular weight is 353 g/mol. The number of rotatable bonds is 8.